The first-order valence-corrected chi connectivity index (χ1v) is 11.0. The van der Waals surface area contributed by atoms with Crippen molar-refractivity contribution in [3.8, 4) is 0 Å². The number of aliphatic hydroxyl groups is 1. The van der Waals surface area contributed by atoms with Crippen LogP contribution in [0.3, 0.4) is 0 Å². The summed E-state index contributed by atoms with van der Waals surface area (Å²) in [7, 11) is 1.84. The molecule has 0 saturated carbocycles. The SMILES string of the molecule is CCNC(=NCC(C)(O)c1cnn(C)c1)NCCCN1CCN(c2ncccn2)CC1. The molecule has 10 heteroatoms. The maximum atomic E-state index is 10.7. The van der Waals surface area contributed by atoms with E-state index in [9.17, 15) is 5.11 Å². The highest BCUT2D eigenvalue weighted by Crippen LogP contribution is 2.19. The first kappa shape index (κ1) is 23.0. The highest BCUT2D eigenvalue weighted by atomic mass is 16.3. The van der Waals surface area contributed by atoms with Crippen LogP contribution in [0.15, 0.2) is 35.8 Å². The van der Waals surface area contributed by atoms with Crippen molar-refractivity contribution in [2.24, 2.45) is 12.0 Å². The van der Waals surface area contributed by atoms with Crippen molar-refractivity contribution in [1.29, 1.82) is 0 Å². The molecule has 0 radical (unpaired) electrons. The molecule has 0 aromatic carbocycles. The van der Waals surface area contributed by atoms with Crippen LogP contribution < -0.4 is 15.5 Å². The molecule has 2 aromatic heterocycles. The molecule has 0 bridgehead atoms. The number of hydrogen-bond donors (Lipinski definition) is 3. The van der Waals surface area contributed by atoms with Gasteiger partial charge in [-0.2, -0.15) is 5.10 Å². The van der Waals surface area contributed by atoms with Crippen molar-refractivity contribution in [2.45, 2.75) is 25.9 Å². The Morgan fingerprint density at radius 3 is 2.58 bits per heavy atom. The van der Waals surface area contributed by atoms with Crippen molar-refractivity contribution in [3.63, 3.8) is 0 Å². The van der Waals surface area contributed by atoms with Crippen molar-refractivity contribution in [2.75, 3.05) is 57.3 Å². The van der Waals surface area contributed by atoms with Crippen LogP contribution in [-0.4, -0.2) is 88.1 Å². The van der Waals surface area contributed by atoms with Gasteiger partial charge in [0.1, 0.15) is 5.60 Å². The number of aliphatic imine (C=N–C) groups is 1. The number of hydrogen-bond acceptors (Lipinski definition) is 7. The van der Waals surface area contributed by atoms with E-state index in [-0.39, 0.29) is 6.54 Å². The van der Waals surface area contributed by atoms with E-state index in [2.05, 4.69) is 40.5 Å². The zero-order valence-corrected chi connectivity index (χ0v) is 18.8. The van der Waals surface area contributed by atoms with Gasteiger partial charge >= 0.3 is 0 Å². The monoisotopic (exact) mass is 429 g/mol. The number of aryl methyl sites for hydroxylation is 1. The Morgan fingerprint density at radius 1 is 1.19 bits per heavy atom. The standard InChI is InChI=1S/C21H35N9O/c1-4-22-19(26-17-21(2,31)18-15-27-28(3)16-18)23-9-6-10-29-11-13-30(14-12-29)20-24-7-5-8-25-20/h5,7-8,15-16,31H,4,6,9-14,17H2,1-3H3,(H2,22,23,26). The molecule has 10 nitrogen and oxygen atoms in total. The first-order chi connectivity index (χ1) is 15.0. The Hall–Kier alpha value is -2.72. The lowest BCUT2D eigenvalue weighted by atomic mass is 10.0. The summed E-state index contributed by atoms with van der Waals surface area (Å²) in [4.78, 5) is 18.0. The van der Waals surface area contributed by atoms with Gasteiger partial charge in [0.2, 0.25) is 5.95 Å². The number of piperazine rings is 1. The second-order valence-electron chi connectivity index (χ2n) is 8.03. The molecule has 0 amide bonds. The lowest BCUT2D eigenvalue weighted by molar-refractivity contribution is 0.0672. The molecule has 3 heterocycles. The second-order valence-corrected chi connectivity index (χ2v) is 8.03. The predicted octanol–water partition coefficient (Wildman–Crippen LogP) is 0.185. The second kappa shape index (κ2) is 11.1. The van der Waals surface area contributed by atoms with E-state index in [1.807, 2.05) is 26.2 Å². The average molecular weight is 430 g/mol. The third-order valence-electron chi connectivity index (χ3n) is 5.37. The number of rotatable bonds is 9. The molecule has 0 aliphatic carbocycles. The minimum Gasteiger partial charge on any atom is -0.383 e. The van der Waals surface area contributed by atoms with Crippen LogP contribution in [0.1, 0.15) is 25.8 Å². The number of anilines is 1. The maximum Gasteiger partial charge on any atom is 0.225 e. The van der Waals surface area contributed by atoms with Crippen LogP contribution in [0.2, 0.25) is 0 Å². The van der Waals surface area contributed by atoms with Crippen molar-refractivity contribution >= 4 is 11.9 Å². The van der Waals surface area contributed by atoms with Gasteiger partial charge in [0.25, 0.3) is 0 Å². The smallest absolute Gasteiger partial charge is 0.225 e. The molecular formula is C21H35N9O. The molecule has 170 valence electrons. The van der Waals surface area contributed by atoms with Crippen LogP contribution in [-0.2, 0) is 12.6 Å². The number of aromatic nitrogens is 4. The Labute approximate surface area is 184 Å². The summed E-state index contributed by atoms with van der Waals surface area (Å²) in [5.74, 6) is 1.54. The summed E-state index contributed by atoms with van der Waals surface area (Å²) < 4.78 is 1.68. The van der Waals surface area contributed by atoms with E-state index < -0.39 is 5.60 Å². The van der Waals surface area contributed by atoms with Gasteiger partial charge in [-0.25, -0.2) is 15.0 Å². The molecule has 1 saturated heterocycles. The summed E-state index contributed by atoms with van der Waals surface area (Å²) in [6, 6.07) is 1.84. The molecule has 1 aliphatic rings. The highest BCUT2D eigenvalue weighted by Gasteiger charge is 2.24. The van der Waals surface area contributed by atoms with E-state index in [1.54, 1.807) is 30.2 Å². The number of nitrogens with one attached hydrogen (secondary N) is 2. The molecule has 31 heavy (non-hydrogen) atoms. The van der Waals surface area contributed by atoms with Gasteiger partial charge in [0.15, 0.2) is 5.96 Å². The van der Waals surface area contributed by atoms with Crippen LogP contribution in [0.4, 0.5) is 5.95 Å². The Bertz CT molecular complexity index is 813. The number of nitrogens with zero attached hydrogens (tertiary/aromatic N) is 7. The minimum absolute atomic E-state index is 0.261. The molecule has 2 aromatic rings. The topological polar surface area (TPSA) is 107 Å². The number of guanidine groups is 1. The zero-order valence-electron chi connectivity index (χ0n) is 18.8. The highest BCUT2D eigenvalue weighted by molar-refractivity contribution is 5.79. The molecule has 3 rings (SSSR count). The Balaban J connectivity index is 1.39. The van der Waals surface area contributed by atoms with Gasteiger partial charge in [0.05, 0.1) is 12.7 Å². The van der Waals surface area contributed by atoms with Crippen LogP contribution >= 0.6 is 0 Å². The lowest BCUT2D eigenvalue weighted by Crippen LogP contribution is -2.47. The summed E-state index contributed by atoms with van der Waals surface area (Å²) in [5.41, 5.74) is -0.298. The third kappa shape index (κ3) is 6.90. The maximum absolute atomic E-state index is 10.7. The van der Waals surface area contributed by atoms with Crippen LogP contribution in [0, 0.1) is 0 Å². The quantitative estimate of drug-likeness (QED) is 0.295. The molecular weight excluding hydrogens is 394 g/mol. The van der Waals surface area contributed by atoms with Gasteiger partial charge in [-0.15, -0.1) is 0 Å². The van der Waals surface area contributed by atoms with Gasteiger partial charge in [-0.3, -0.25) is 9.58 Å². The predicted molar refractivity (Wildman–Crippen MR) is 122 cm³/mol. The summed E-state index contributed by atoms with van der Waals surface area (Å²) in [6.45, 7) is 10.6. The molecule has 1 aliphatic heterocycles. The third-order valence-corrected chi connectivity index (χ3v) is 5.37. The van der Waals surface area contributed by atoms with Gasteiger partial charge in [-0.1, -0.05) is 0 Å². The summed E-state index contributed by atoms with van der Waals surface area (Å²) in [5, 5.41) is 21.5. The Kier molecular flexibility index (Phi) is 8.19. The Morgan fingerprint density at radius 2 is 1.94 bits per heavy atom. The molecule has 1 atom stereocenters. The molecule has 1 unspecified atom stereocenters. The van der Waals surface area contributed by atoms with Gasteiger partial charge in [0, 0.05) is 70.5 Å². The normalized spacial score (nSPS) is 17.4. The fourth-order valence-corrected chi connectivity index (χ4v) is 3.50. The largest absolute Gasteiger partial charge is 0.383 e. The van der Waals surface area contributed by atoms with E-state index >= 15 is 0 Å². The summed E-state index contributed by atoms with van der Waals surface area (Å²) >= 11 is 0. The van der Waals surface area contributed by atoms with Gasteiger partial charge < -0.3 is 20.6 Å². The summed E-state index contributed by atoms with van der Waals surface area (Å²) in [6.07, 6.45) is 8.10. The molecule has 3 N–H and O–H groups in total. The average Bonchev–Trinajstić information content (AvgIpc) is 3.23. The van der Waals surface area contributed by atoms with E-state index in [1.165, 1.54) is 0 Å². The van der Waals surface area contributed by atoms with Crippen molar-refractivity contribution in [3.05, 3.63) is 36.4 Å². The first-order valence-electron chi connectivity index (χ1n) is 11.0. The van der Waals surface area contributed by atoms with E-state index in [0.717, 1.165) is 69.7 Å². The zero-order chi connectivity index (χ0) is 22.1. The van der Waals surface area contributed by atoms with E-state index in [4.69, 9.17) is 0 Å². The lowest BCUT2D eigenvalue weighted by Gasteiger charge is -2.34. The molecule has 0 spiro atoms. The minimum atomic E-state index is -1.06. The van der Waals surface area contributed by atoms with Crippen molar-refractivity contribution < 1.29 is 5.11 Å². The fourth-order valence-electron chi connectivity index (χ4n) is 3.50. The van der Waals surface area contributed by atoms with Crippen molar-refractivity contribution in [1.82, 2.24) is 35.3 Å². The van der Waals surface area contributed by atoms with Gasteiger partial charge in [-0.05, 0) is 32.9 Å². The molecule has 1 fully saturated rings. The fraction of sp³-hybridized carbons (Fsp3) is 0.619. The van der Waals surface area contributed by atoms with Crippen LogP contribution in [0.25, 0.3) is 0 Å². The van der Waals surface area contributed by atoms with Crippen LogP contribution in [0.5, 0.6) is 0 Å². The van der Waals surface area contributed by atoms with E-state index in [0.29, 0.717) is 0 Å².